The monoisotopic (exact) mass is 182 g/mol. The van der Waals surface area contributed by atoms with Crippen molar-refractivity contribution in [2.75, 3.05) is 0 Å². The molecule has 0 saturated carbocycles. The smallest absolute Gasteiger partial charge is 0.145 e. The van der Waals surface area contributed by atoms with Crippen LogP contribution in [0.1, 0.15) is 31.9 Å². The van der Waals surface area contributed by atoms with Gasteiger partial charge in [-0.05, 0) is 25.5 Å². The van der Waals surface area contributed by atoms with Gasteiger partial charge in [0.1, 0.15) is 5.82 Å². The zero-order valence-corrected chi connectivity index (χ0v) is 8.00. The second-order valence-electron chi connectivity index (χ2n) is 3.24. The van der Waals surface area contributed by atoms with Gasteiger partial charge < -0.3 is 5.73 Å². The molecule has 0 aliphatic carbocycles. The topological polar surface area (TPSA) is 38.9 Å². The van der Waals surface area contributed by atoms with Gasteiger partial charge in [0, 0.05) is 18.2 Å². The predicted molar refractivity (Wildman–Crippen MR) is 50.9 cm³/mol. The van der Waals surface area contributed by atoms with Crippen LogP contribution in [-0.4, -0.2) is 11.0 Å². The van der Waals surface area contributed by atoms with Crippen LogP contribution >= 0.6 is 0 Å². The second kappa shape index (κ2) is 4.33. The van der Waals surface area contributed by atoms with Gasteiger partial charge in [-0.25, -0.2) is 4.39 Å². The Hall–Kier alpha value is -0.960. The molecule has 3 heteroatoms. The molecule has 2 unspecified atom stereocenters. The molecule has 2 nitrogen and oxygen atoms in total. The fourth-order valence-corrected chi connectivity index (χ4v) is 1.48. The van der Waals surface area contributed by atoms with Gasteiger partial charge in [0.2, 0.25) is 0 Å². The Bertz CT molecular complexity index is 273. The molecule has 2 atom stereocenters. The zero-order valence-electron chi connectivity index (χ0n) is 8.00. The van der Waals surface area contributed by atoms with Crippen molar-refractivity contribution in [1.29, 1.82) is 0 Å². The van der Waals surface area contributed by atoms with Crippen LogP contribution in [0.5, 0.6) is 0 Å². The quantitative estimate of drug-likeness (QED) is 0.777. The van der Waals surface area contributed by atoms with E-state index in [1.165, 1.54) is 6.07 Å². The Labute approximate surface area is 78.0 Å². The minimum Gasteiger partial charge on any atom is -0.327 e. The number of rotatable bonds is 3. The van der Waals surface area contributed by atoms with Crippen LogP contribution in [0.15, 0.2) is 18.3 Å². The SMILES string of the molecule is CCC(c1ncccc1F)C(C)N. The van der Waals surface area contributed by atoms with Gasteiger partial charge in [-0.15, -0.1) is 0 Å². The summed E-state index contributed by atoms with van der Waals surface area (Å²) in [6.07, 6.45) is 2.41. The van der Waals surface area contributed by atoms with Crippen molar-refractivity contribution in [1.82, 2.24) is 4.98 Å². The molecule has 0 spiro atoms. The summed E-state index contributed by atoms with van der Waals surface area (Å²) in [6.45, 7) is 3.87. The Morgan fingerprint density at radius 2 is 2.31 bits per heavy atom. The van der Waals surface area contributed by atoms with Crippen molar-refractivity contribution in [3.8, 4) is 0 Å². The maximum absolute atomic E-state index is 13.3. The lowest BCUT2D eigenvalue weighted by Gasteiger charge is -2.18. The summed E-state index contributed by atoms with van der Waals surface area (Å²) in [4.78, 5) is 4.02. The predicted octanol–water partition coefficient (Wildman–Crippen LogP) is 2.06. The highest BCUT2D eigenvalue weighted by Crippen LogP contribution is 2.22. The van der Waals surface area contributed by atoms with Gasteiger partial charge in [0.25, 0.3) is 0 Å². The molecule has 0 radical (unpaired) electrons. The average molecular weight is 182 g/mol. The van der Waals surface area contributed by atoms with Crippen molar-refractivity contribution in [3.05, 3.63) is 29.8 Å². The molecule has 0 aromatic carbocycles. The Kier molecular flexibility index (Phi) is 3.37. The van der Waals surface area contributed by atoms with E-state index in [1.807, 2.05) is 13.8 Å². The first-order valence-electron chi connectivity index (χ1n) is 4.52. The molecule has 0 aliphatic rings. The summed E-state index contributed by atoms with van der Waals surface area (Å²) in [5, 5.41) is 0. The molecule has 0 bridgehead atoms. The molecule has 72 valence electrons. The average Bonchev–Trinajstić information content (AvgIpc) is 2.09. The highest BCUT2D eigenvalue weighted by molar-refractivity contribution is 5.13. The fourth-order valence-electron chi connectivity index (χ4n) is 1.48. The van der Waals surface area contributed by atoms with Crippen LogP contribution in [-0.2, 0) is 0 Å². The highest BCUT2D eigenvalue weighted by Gasteiger charge is 2.18. The van der Waals surface area contributed by atoms with Crippen LogP contribution in [0, 0.1) is 5.82 Å². The van der Waals surface area contributed by atoms with Crippen molar-refractivity contribution < 1.29 is 4.39 Å². The summed E-state index contributed by atoms with van der Waals surface area (Å²) in [6, 6.07) is 2.95. The molecule has 13 heavy (non-hydrogen) atoms. The van der Waals surface area contributed by atoms with E-state index in [4.69, 9.17) is 5.73 Å². The summed E-state index contributed by atoms with van der Waals surface area (Å²) < 4.78 is 13.3. The molecule has 0 amide bonds. The van der Waals surface area contributed by atoms with Crippen LogP contribution in [0.3, 0.4) is 0 Å². The van der Waals surface area contributed by atoms with Crippen LogP contribution < -0.4 is 5.73 Å². The molecule has 1 aromatic heterocycles. The second-order valence-corrected chi connectivity index (χ2v) is 3.24. The van der Waals surface area contributed by atoms with Gasteiger partial charge in [0.05, 0.1) is 5.69 Å². The number of aromatic nitrogens is 1. The van der Waals surface area contributed by atoms with Gasteiger partial charge >= 0.3 is 0 Å². The fraction of sp³-hybridized carbons (Fsp3) is 0.500. The summed E-state index contributed by atoms with van der Waals surface area (Å²) in [7, 11) is 0. The number of halogens is 1. The van der Waals surface area contributed by atoms with Gasteiger partial charge in [-0.2, -0.15) is 0 Å². The first kappa shape index (κ1) is 10.1. The van der Waals surface area contributed by atoms with Gasteiger partial charge in [-0.1, -0.05) is 6.92 Å². The molecule has 1 aromatic rings. The summed E-state index contributed by atoms with van der Waals surface area (Å²) in [5.74, 6) is -0.243. The van der Waals surface area contributed by atoms with Gasteiger partial charge in [0.15, 0.2) is 0 Å². The van der Waals surface area contributed by atoms with E-state index in [0.717, 1.165) is 6.42 Å². The minimum absolute atomic E-state index is 0.0150. The molecular formula is C10H15FN2. The maximum atomic E-state index is 13.3. The van der Waals surface area contributed by atoms with E-state index in [-0.39, 0.29) is 17.8 Å². The van der Waals surface area contributed by atoms with Crippen molar-refractivity contribution >= 4 is 0 Å². The normalized spacial score (nSPS) is 15.4. The molecule has 0 aliphatic heterocycles. The van der Waals surface area contributed by atoms with Crippen molar-refractivity contribution in [3.63, 3.8) is 0 Å². The van der Waals surface area contributed by atoms with Crippen LogP contribution in [0.2, 0.25) is 0 Å². The minimum atomic E-state index is -0.258. The third-order valence-corrected chi connectivity index (χ3v) is 2.21. The largest absolute Gasteiger partial charge is 0.327 e. The maximum Gasteiger partial charge on any atom is 0.145 e. The zero-order chi connectivity index (χ0) is 9.84. The lowest BCUT2D eigenvalue weighted by molar-refractivity contribution is 0.497. The highest BCUT2D eigenvalue weighted by atomic mass is 19.1. The van der Waals surface area contributed by atoms with E-state index in [0.29, 0.717) is 5.69 Å². The van der Waals surface area contributed by atoms with E-state index in [2.05, 4.69) is 4.98 Å². The van der Waals surface area contributed by atoms with E-state index in [9.17, 15) is 4.39 Å². The molecule has 2 N–H and O–H groups in total. The first-order valence-corrected chi connectivity index (χ1v) is 4.52. The van der Waals surface area contributed by atoms with Crippen molar-refractivity contribution in [2.45, 2.75) is 32.2 Å². The Morgan fingerprint density at radius 3 is 2.77 bits per heavy atom. The number of hydrogen-bond donors (Lipinski definition) is 1. The number of pyridine rings is 1. The van der Waals surface area contributed by atoms with E-state index in [1.54, 1.807) is 12.3 Å². The standard InChI is InChI=1S/C10H15FN2/c1-3-8(7(2)12)10-9(11)5-4-6-13-10/h4-8H,3,12H2,1-2H3. The molecule has 0 saturated heterocycles. The van der Waals surface area contributed by atoms with Crippen LogP contribution in [0.4, 0.5) is 4.39 Å². The number of nitrogens with zero attached hydrogens (tertiary/aromatic N) is 1. The van der Waals surface area contributed by atoms with Gasteiger partial charge in [-0.3, -0.25) is 4.98 Å². The van der Waals surface area contributed by atoms with E-state index >= 15 is 0 Å². The third-order valence-electron chi connectivity index (χ3n) is 2.21. The Morgan fingerprint density at radius 1 is 1.62 bits per heavy atom. The van der Waals surface area contributed by atoms with Crippen LogP contribution in [0.25, 0.3) is 0 Å². The molecule has 0 fully saturated rings. The van der Waals surface area contributed by atoms with Crippen molar-refractivity contribution in [2.24, 2.45) is 5.73 Å². The Balaban J connectivity index is 2.97. The summed E-state index contributed by atoms with van der Waals surface area (Å²) >= 11 is 0. The molecule has 1 rings (SSSR count). The number of nitrogens with two attached hydrogens (primary N) is 1. The third kappa shape index (κ3) is 2.25. The first-order chi connectivity index (χ1) is 6.16. The number of hydrogen-bond acceptors (Lipinski definition) is 2. The lowest BCUT2D eigenvalue weighted by Crippen LogP contribution is -2.25. The summed E-state index contributed by atoms with van der Waals surface area (Å²) in [5.41, 5.74) is 6.23. The lowest BCUT2D eigenvalue weighted by atomic mass is 9.94. The molecular weight excluding hydrogens is 167 g/mol. The molecule has 1 heterocycles. The van der Waals surface area contributed by atoms with E-state index < -0.39 is 0 Å².